The third-order valence-electron chi connectivity index (χ3n) is 1.15. The molecule has 3 heteroatoms. The minimum absolute atomic E-state index is 0.309. The summed E-state index contributed by atoms with van der Waals surface area (Å²) in [7, 11) is 0. The Morgan fingerprint density at radius 1 is 1.40 bits per heavy atom. The molecule has 0 unspecified atom stereocenters. The Hall–Kier alpha value is -1.12. The maximum atomic E-state index is 12.4. The molecule has 0 aromatic heterocycles. The summed E-state index contributed by atoms with van der Waals surface area (Å²) >= 11 is 0. The summed E-state index contributed by atoms with van der Waals surface area (Å²) in [5.74, 6) is -2.73. The number of rotatable bonds is 0. The fraction of sp³-hybridized carbons (Fsp3) is 0.143. The first-order valence-electron chi connectivity index (χ1n) is 2.83. The maximum Gasteiger partial charge on any atom is 0.187 e. The smallest absolute Gasteiger partial charge is 0.187 e. The van der Waals surface area contributed by atoms with Gasteiger partial charge in [-0.25, -0.2) is 8.78 Å². The molecule has 0 bridgehead atoms. The molecule has 1 rings (SSSR count). The quantitative estimate of drug-likeness (QED) is 0.553. The van der Waals surface area contributed by atoms with Crippen LogP contribution in [0.15, 0.2) is 35.6 Å². The molecule has 0 aliphatic heterocycles. The topological polar surface area (TPSA) is 20.2 Å². The molecule has 0 saturated carbocycles. The molecule has 1 aliphatic rings. The van der Waals surface area contributed by atoms with Crippen molar-refractivity contribution in [2.24, 2.45) is 0 Å². The fourth-order valence-corrected chi connectivity index (χ4v) is 0.633. The van der Waals surface area contributed by atoms with Crippen LogP contribution in [-0.4, -0.2) is 5.11 Å². The van der Waals surface area contributed by atoms with Crippen LogP contribution in [0.2, 0.25) is 0 Å². The predicted octanol–water partition coefficient (Wildman–Crippen LogP) is 2.54. The van der Waals surface area contributed by atoms with Crippen molar-refractivity contribution in [3.05, 3.63) is 35.6 Å². The van der Waals surface area contributed by atoms with E-state index in [1.165, 1.54) is 6.08 Å². The van der Waals surface area contributed by atoms with Gasteiger partial charge in [-0.05, 0) is 18.6 Å². The predicted molar refractivity (Wildman–Crippen MR) is 33.7 cm³/mol. The van der Waals surface area contributed by atoms with E-state index in [1.807, 2.05) is 0 Å². The summed E-state index contributed by atoms with van der Waals surface area (Å²) in [5.41, 5.74) is 0. The first-order valence-corrected chi connectivity index (χ1v) is 2.83. The molecule has 0 radical (unpaired) electrons. The van der Waals surface area contributed by atoms with Crippen molar-refractivity contribution in [3.63, 3.8) is 0 Å². The number of aliphatic hydroxyl groups is 1. The van der Waals surface area contributed by atoms with Gasteiger partial charge in [0, 0.05) is 0 Å². The van der Waals surface area contributed by atoms with Crippen LogP contribution >= 0.6 is 0 Å². The van der Waals surface area contributed by atoms with Crippen molar-refractivity contribution in [1.82, 2.24) is 0 Å². The van der Waals surface area contributed by atoms with Gasteiger partial charge in [-0.1, -0.05) is 6.08 Å². The Bertz CT molecular complexity index is 226. The van der Waals surface area contributed by atoms with Gasteiger partial charge >= 0.3 is 0 Å². The normalized spacial score (nSPS) is 18.8. The Kier molecular flexibility index (Phi) is 1.85. The molecule has 0 aromatic carbocycles. The van der Waals surface area contributed by atoms with Gasteiger partial charge in [0.25, 0.3) is 0 Å². The van der Waals surface area contributed by atoms with E-state index in [0.29, 0.717) is 6.42 Å². The summed E-state index contributed by atoms with van der Waals surface area (Å²) in [6, 6.07) is 0. The number of aliphatic hydroxyl groups excluding tert-OH is 1. The lowest BCUT2D eigenvalue weighted by atomic mass is 10.3. The van der Waals surface area contributed by atoms with Crippen molar-refractivity contribution in [3.8, 4) is 0 Å². The molecule has 0 heterocycles. The summed E-state index contributed by atoms with van der Waals surface area (Å²) in [6.45, 7) is 0. The lowest BCUT2D eigenvalue weighted by Crippen LogP contribution is -1.82. The van der Waals surface area contributed by atoms with Crippen LogP contribution in [0.4, 0.5) is 8.78 Å². The largest absolute Gasteiger partial charge is 0.503 e. The van der Waals surface area contributed by atoms with E-state index in [4.69, 9.17) is 5.11 Å². The van der Waals surface area contributed by atoms with E-state index in [9.17, 15) is 8.78 Å². The van der Waals surface area contributed by atoms with Crippen LogP contribution in [0.25, 0.3) is 0 Å². The zero-order valence-electron chi connectivity index (χ0n) is 5.14. The average Bonchev–Trinajstić information content (AvgIpc) is 2.04. The summed E-state index contributed by atoms with van der Waals surface area (Å²) in [5, 5.41) is 8.64. The van der Waals surface area contributed by atoms with Gasteiger partial charge in [0.2, 0.25) is 0 Å². The van der Waals surface area contributed by atoms with E-state index in [0.717, 1.165) is 12.2 Å². The summed E-state index contributed by atoms with van der Waals surface area (Å²) in [6.07, 6.45) is 3.89. The van der Waals surface area contributed by atoms with Gasteiger partial charge in [-0.15, -0.1) is 0 Å². The first kappa shape index (κ1) is 6.99. The standard InChI is InChI=1S/C7H6F2O/c8-5-3-1-2-4-6(9)7(5)10/h1,3-4,10H,2H2. The molecule has 0 saturated heterocycles. The Morgan fingerprint density at radius 2 is 2.10 bits per heavy atom. The molecule has 0 atom stereocenters. The molecular formula is C7H6F2O. The van der Waals surface area contributed by atoms with Gasteiger partial charge in [0.05, 0.1) is 0 Å². The third kappa shape index (κ3) is 1.23. The van der Waals surface area contributed by atoms with Gasteiger partial charge in [-0.2, -0.15) is 0 Å². The van der Waals surface area contributed by atoms with E-state index in [1.54, 1.807) is 0 Å². The van der Waals surface area contributed by atoms with Crippen molar-refractivity contribution in [1.29, 1.82) is 0 Å². The van der Waals surface area contributed by atoms with Crippen molar-refractivity contribution < 1.29 is 13.9 Å². The van der Waals surface area contributed by atoms with Crippen LogP contribution < -0.4 is 0 Å². The molecule has 0 amide bonds. The van der Waals surface area contributed by atoms with E-state index in [-0.39, 0.29) is 0 Å². The minimum atomic E-state index is -0.925. The highest BCUT2D eigenvalue weighted by Gasteiger charge is 2.08. The molecule has 0 fully saturated rings. The minimum Gasteiger partial charge on any atom is -0.503 e. The monoisotopic (exact) mass is 144 g/mol. The van der Waals surface area contributed by atoms with Gasteiger partial charge in [-0.3, -0.25) is 0 Å². The first-order chi connectivity index (χ1) is 4.72. The third-order valence-corrected chi connectivity index (χ3v) is 1.15. The highest BCUT2D eigenvalue weighted by Crippen LogP contribution is 2.19. The molecule has 1 nitrogen and oxygen atoms in total. The van der Waals surface area contributed by atoms with Gasteiger partial charge in [0.1, 0.15) is 0 Å². The molecule has 1 N–H and O–H groups in total. The van der Waals surface area contributed by atoms with Gasteiger partial charge < -0.3 is 5.11 Å². The van der Waals surface area contributed by atoms with E-state index < -0.39 is 17.4 Å². The second kappa shape index (κ2) is 2.64. The number of allylic oxidation sites excluding steroid dienone is 5. The van der Waals surface area contributed by atoms with E-state index >= 15 is 0 Å². The highest BCUT2D eigenvalue weighted by molar-refractivity contribution is 5.30. The number of halogens is 2. The Morgan fingerprint density at radius 3 is 2.80 bits per heavy atom. The zero-order chi connectivity index (χ0) is 7.56. The Labute approximate surface area is 57.0 Å². The number of hydrogen-bond acceptors (Lipinski definition) is 1. The maximum absolute atomic E-state index is 12.4. The molecule has 0 aromatic rings. The van der Waals surface area contributed by atoms with Crippen molar-refractivity contribution in [2.45, 2.75) is 6.42 Å². The van der Waals surface area contributed by atoms with Gasteiger partial charge in [0.15, 0.2) is 17.4 Å². The van der Waals surface area contributed by atoms with Crippen LogP contribution in [-0.2, 0) is 0 Å². The molecule has 54 valence electrons. The van der Waals surface area contributed by atoms with Crippen LogP contribution in [0.3, 0.4) is 0 Å². The molecule has 1 aliphatic carbocycles. The van der Waals surface area contributed by atoms with Crippen LogP contribution in [0.5, 0.6) is 0 Å². The lowest BCUT2D eigenvalue weighted by molar-refractivity contribution is 0.367. The Balaban J connectivity index is 3.02. The molecule has 0 spiro atoms. The number of hydrogen-bond donors (Lipinski definition) is 1. The second-order valence-electron chi connectivity index (χ2n) is 1.89. The lowest BCUT2D eigenvalue weighted by Gasteiger charge is -1.92. The average molecular weight is 144 g/mol. The van der Waals surface area contributed by atoms with Crippen molar-refractivity contribution >= 4 is 0 Å². The summed E-state index contributed by atoms with van der Waals surface area (Å²) < 4.78 is 24.7. The fourth-order valence-electron chi connectivity index (χ4n) is 0.633. The molecular weight excluding hydrogens is 138 g/mol. The summed E-state index contributed by atoms with van der Waals surface area (Å²) in [4.78, 5) is 0. The molecule has 10 heavy (non-hydrogen) atoms. The van der Waals surface area contributed by atoms with Crippen LogP contribution in [0, 0.1) is 0 Å². The SMILES string of the molecule is OC1=C(F)C=CCC=C1F. The van der Waals surface area contributed by atoms with Crippen molar-refractivity contribution in [2.75, 3.05) is 0 Å². The second-order valence-corrected chi connectivity index (χ2v) is 1.89. The van der Waals surface area contributed by atoms with Crippen LogP contribution in [0.1, 0.15) is 6.42 Å². The van der Waals surface area contributed by atoms with E-state index in [2.05, 4.69) is 0 Å². The highest BCUT2D eigenvalue weighted by atomic mass is 19.1. The zero-order valence-corrected chi connectivity index (χ0v) is 5.14.